The highest BCUT2D eigenvalue weighted by atomic mass is 16.3. The van der Waals surface area contributed by atoms with Gasteiger partial charge in [-0.15, -0.1) is 0 Å². The van der Waals surface area contributed by atoms with E-state index in [1.165, 1.54) is 132 Å². The molecule has 0 saturated carbocycles. The van der Waals surface area contributed by atoms with Crippen LogP contribution in [0.1, 0.15) is 26.3 Å². The monoisotopic (exact) mass is 1830 g/mol. The topological polar surface area (TPSA) is 117 Å². The molecule has 6 heterocycles. The Morgan fingerprint density at radius 2 is 0.364 bits per heavy atom. The van der Waals surface area contributed by atoms with Gasteiger partial charge in [-0.2, -0.15) is 0 Å². The first-order valence-electron chi connectivity index (χ1n) is 48.6. The number of hydrogen-bond donors (Lipinski definition) is 0. The van der Waals surface area contributed by atoms with Crippen molar-refractivity contribution in [3.8, 4) is 111 Å². The standard InChI is InChI=1S/C52H32N2O.C44H26N2O.C38H28N2O/c1-2-7-33(8-3-1)34-13-15-35(16-14-34)36-17-19-37(20-18-36)40-22-25-49-47(31-40)48-32-42(23-26-50(48)55-49)39-10-6-9-38(29-39)41-21-24-45-46(30-41)43-11-4-5-12-44(43)51-52(45)54-28-27-53-51;1-2-11-33-27(7-1)8-6-14-34(33)32-17-20-42-40(26-32)39-25-31(16-19-41(39)47-42)29-10-5-9-28(23-29)30-15-18-37-38(24-30)35-12-3-4-13-36(35)43-44(37)46-22-21-45-43;1-38(2,3)27-13-16-35-33(22-27)32-21-26(12-15-34(32)41-35)24-8-6-7-23(19-24)25-11-14-30-31(20-25)28-9-4-5-10-29(28)36-37(30)40-18-17-39-36/h1-32H;1-26H;4-22H,1-3H3. The van der Waals surface area contributed by atoms with E-state index in [4.69, 9.17) is 33.2 Å². The van der Waals surface area contributed by atoms with Gasteiger partial charge >= 0.3 is 0 Å². The van der Waals surface area contributed by atoms with Crippen molar-refractivity contribution in [1.82, 2.24) is 29.9 Å². The Bertz CT molecular complexity index is 10100. The molecule has 0 fully saturated rings. The third-order valence-electron chi connectivity index (χ3n) is 28.8. The van der Waals surface area contributed by atoms with Crippen molar-refractivity contribution in [3.05, 3.63) is 473 Å². The van der Waals surface area contributed by atoms with E-state index >= 15 is 0 Å². The van der Waals surface area contributed by atoms with Gasteiger partial charge in [-0.1, -0.05) is 342 Å². The second-order valence-electron chi connectivity index (χ2n) is 38.3. The van der Waals surface area contributed by atoms with E-state index in [-0.39, 0.29) is 5.41 Å². The number of benzene rings is 23. The predicted molar refractivity (Wildman–Crippen MR) is 596 cm³/mol. The molecular weight excluding hydrogens is 1740 g/mol. The third-order valence-corrected chi connectivity index (χ3v) is 28.8. The van der Waals surface area contributed by atoms with Crippen LogP contribution in [0.2, 0.25) is 0 Å². The highest BCUT2D eigenvalue weighted by Gasteiger charge is 2.23. The van der Waals surface area contributed by atoms with Gasteiger partial charge in [0.15, 0.2) is 0 Å². The molecule has 0 bridgehead atoms. The first kappa shape index (κ1) is 83.7. The smallest absolute Gasteiger partial charge is 0.135 e. The van der Waals surface area contributed by atoms with Crippen LogP contribution in [0.25, 0.3) is 286 Å². The fraction of sp³-hybridized carbons (Fsp3) is 0.0299. The summed E-state index contributed by atoms with van der Waals surface area (Å²) < 4.78 is 18.9. The zero-order chi connectivity index (χ0) is 94.9. The minimum atomic E-state index is 0.0772. The minimum Gasteiger partial charge on any atom is -0.456 e. The lowest BCUT2D eigenvalue weighted by Crippen LogP contribution is -2.10. The average Bonchev–Trinajstić information content (AvgIpc) is 1.74. The van der Waals surface area contributed by atoms with Crippen LogP contribution in [-0.4, -0.2) is 29.9 Å². The molecule has 0 N–H and O–H groups in total. The third kappa shape index (κ3) is 14.9. The molecule has 670 valence electrons. The normalized spacial score (nSPS) is 11.9. The quantitative estimate of drug-likeness (QED) is 0.123. The van der Waals surface area contributed by atoms with Crippen molar-refractivity contribution < 1.29 is 13.3 Å². The predicted octanol–water partition coefficient (Wildman–Crippen LogP) is 36.6. The van der Waals surface area contributed by atoms with Crippen LogP contribution in [-0.2, 0) is 5.41 Å². The summed E-state index contributed by atoms with van der Waals surface area (Å²) in [5.74, 6) is 0. The summed E-state index contributed by atoms with van der Waals surface area (Å²) in [5, 5.41) is 23.1. The molecule has 9 nitrogen and oxygen atoms in total. The summed E-state index contributed by atoms with van der Waals surface area (Å²) in [6.45, 7) is 6.75. The van der Waals surface area contributed by atoms with E-state index in [0.29, 0.717) is 0 Å². The summed E-state index contributed by atoms with van der Waals surface area (Å²) in [6.07, 6.45) is 10.6. The van der Waals surface area contributed by atoms with Gasteiger partial charge in [0.2, 0.25) is 0 Å². The molecule has 9 heteroatoms. The molecular formula is C134H86N6O3. The van der Waals surface area contributed by atoms with Crippen LogP contribution in [0.4, 0.5) is 0 Å². The van der Waals surface area contributed by atoms with Gasteiger partial charge < -0.3 is 13.3 Å². The molecule has 23 aromatic carbocycles. The molecule has 0 aliphatic carbocycles. The van der Waals surface area contributed by atoms with Crippen LogP contribution < -0.4 is 0 Å². The molecule has 0 spiro atoms. The van der Waals surface area contributed by atoms with Gasteiger partial charge in [-0.25, -0.2) is 0 Å². The van der Waals surface area contributed by atoms with Crippen molar-refractivity contribution >= 4 is 174 Å². The molecule has 0 amide bonds. The van der Waals surface area contributed by atoms with Gasteiger partial charge in [0.05, 0.1) is 33.1 Å². The second-order valence-corrected chi connectivity index (χ2v) is 38.3. The lowest BCUT2D eigenvalue weighted by Gasteiger charge is -2.18. The Hall–Kier alpha value is -18.7. The zero-order valence-corrected chi connectivity index (χ0v) is 78.4. The number of nitrogens with zero attached hydrogens (tertiary/aromatic N) is 6. The van der Waals surface area contributed by atoms with E-state index in [2.05, 4.69) is 461 Å². The molecule has 0 unspecified atom stereocenters. The van der Waals surface area contributed by atoms with E-state index in [9.17, 15) is 0 Å². The van der Waals surface area contributed by atoms with Crippen molar-refractivity contribution in [2.45, 2.75) is 26.2 Å². The van der Waals surface area contributed by atoms with Gasteiger partial charge in [0, 0.05) is 102 Å². The fourth-order valence-electron chi connectivity index (χ4n) is 21.6. The first-order valence-corrected chi connectivity index (χ1v) is 48.6. The Morgan fingerprint density at radius 1 is 0.147 bits per heavy atom. The Kier molecular flexibility index (Phi) is 20.0. The molecule has 0 atom stereocenters. The minimum absolute atomic E-state index is 0.0772. The van der Waals surface area contributed by atoms with Crippen LogP contribution in [0.15, 0.2) is 481 Å². The molecule has 0 radical (unpaired) electrons. The summed E-state index contributed by atoms with van der Waals surface area (Å²) in [6, 6.07) is 154. The largest absolute Gasteiger partial charge is 0.456 e. The molecule has 0 saturated heterocycles. The number of aromatic nitrogens is 6. The van der Waals surface area contributed by atoms with E-state index in [1.807, 2.05) is 0 Å². The number of furan rings is 3. The Labute approximate surface area is 822 Å². The van der Waals surface area contributed by atoms with Crippen molar-refractivity contribution in [3.63, 3.8) is 0 Å². The Balaban J connectivity index is 0.000000108. The van der Waals surface area contributed by atoms with E-state index < -0.39 is 0 Å². The van der Waals surface area contributed by atoms with Crippen LogP contribution in [0.3, 0.4) is 0 Å². The highest BCUT2D eigenvalue weighted by molar-refractivity contribution is 6.27. The molecule has 29 aromatic rings. The highest BCUT2D eigenvalue weighted by Crippen LogP contribution is 2.46. The number of rotatable bonds is 10. The molecule has 6 aromatic heterocycles. The SMILES string of the molecule is CC(C)(C)c1ccc2oc3ccc(-c4cccc(-c5ccc6c(c5)c5ccccc5c5nccnc65)c4)cc3c2c1.c1cc(-c2ccc3oc4ccc(-c5cccc6ccccc56)cc4c3c2)cc(-c2ccc3c(c2)c2ccccc2c2nccnc32)c1.c1ccc(-c2ccc(-c3ccc(-c4ccc5oc6ccc(-c7cccc(-c8ccc9c(c8)c8ccccc8c8nccnc98)c7)cc6c5c4)cc3)cc2)cc1. The summed E-state index contributed by atoms with van der Waals surface area (Å²) in [5.41, 5.74) is 36.1. The molecule has 0 aliphatic heterocycles. The summed E-state index contributed by atoms with van der Waals surface area (Å²) in [4.78, 5) is 28.2. The molecule has 0 aliphatic rings. The lowest BCUT2D eigenvalue weighted by atomic mass is 9.86. The van der Waals surface area contributed by atoms with Crippen molar-refractivity contribution in [1.29, 1.82) is 0 Å². The average molecular weight is 1830 g/mol. The zero-order valence-electron chi connectivity index (χ0n) is 78.4. The maximum atomic E-state index is 6.34. The van der Waals surface area contributed by atoms with Crippen LogP contribution in [0.5, 0.6) is 0 Å². The van der Waals surface area contributed by atoms with E-state index in [1.54, 1.807) is 37.2 Å². The lowest BCUT2D eigenvalue weighted by molar-refractivity contribution is 0.590. The maximum Gasteiger partial charge on any atom is 0.135 e. The van der Waals surface area contributed by atoms with Gasteiger partial charge in [0.1, 0.15) is 33.5 Å². The number of fused-ring (bicyclic) bond motifs is 28. The van der Waals surface area contributed by atoms with Crippen molar-refractivity contribution in [2.24, 2.45) is 0 Å². The van der Waals surface area contributed by atoms with Gasteiger partial charge in [0.25, 0.3) is 0 Å². The van der Waals surface area contributed by atoms with Crippen LogP contribution in [0, 0.1) is 0 Å². The number of hydrogen-bond acceptors (Lipinski definition) is 9. The maximum absolute atomic E-state index is 6.34. The van der Waals surface area contributed by atoms with Gasteiger partial charge in [-0.05, 0) is 275 Å². The van der Waals surface area contributed by atoms with Crippen molar-refractivity contribution in [2.75, 3.05) is 0 Å². The second kappa shape index (κ2) is 34.2. The summed E-state index contributed by atoms with van der Waals surface area (Å²) in [7, 11) is 0. The van der Waals surface area contributed by atoms with E-state index in [0.717, 1.165) is 159 Å². The van der Waals surface area contributed by atoms with Gasteiger partial charge in [-0.3, -0.25) is 29.9 Å². The Morgan fingerprint density at radius 3 is 0.706 bits per heavy atom. The molecule has 143 heavy (non-hydrogen) atoms. The molecule has 29 rings (SSSR count). The summed E-state index contributed by atoms with van der Waals surface area (Å²) >= 11 is 0. The first-order chi connectivity index (χ1) is 70.4. The fourth-order valence-corrected chi connectivity index (χ4v) is 21.6. The van der Waals surface area contributed by atoms with Crippen LogP contribution >= 0.6 is 0 Å².